The Bertz CT molecular complexity index is 696. The summed E-state index contributed by atoms with van der Waals surface area (Å²) in [4.78, 5) is 32.2. The predicted molar refractivity (Wildman–Crippen MR) is 111 cm³/mol. The second-order valence-corrected chi connectivity index (χ2v) is 9.06. The first kappa shape index (κ1) is 20.5. The van der Waals surface area contributed by atoms with Crippen LogP contribution >= 0.6 is 0 Å². The minimum Gasteiger partial charge on any atom is -0.464 e. The summed E-state index contributed by atoms with van der Waals surface area (Å²) < 4.78 is 5.69. The second kappa shape index (κ2) is 9.33. The highest BCUT2D eigenvalue weighted by molar-refractivity contribution is 5.80. The zero-order valence-electron chi connectivity index (χ0n) is 17.8. The zero-order valence-corrected chi connectivity index (χ0v) is 17.8. The Labute approximate surface area is 174 Å². The Morgan fingerprint density at radius 1 is 1.00 bits per heavy atom. The minimum atomic E-state index is 0.144. The molecule has 1 saturated carbocycles. The Hall–Kier alpha value is -1.82. The van der Waals surface area contributed by atoms with E-state index in [1.165, 1.54) is 12.8 Å². The van der Waals surface area contributed by atoms with Crippen LogP contribution in [0.25, 0.3) is 0 Å². The first-order valence-electron chi connectivity index (χ1n) is 11.5. The van der Waals surface area contributed by atoms with Gasteiger partial charge in [-0.25, -0.2) is 0 Å². The van der Waals surface area contributed by atoms with E-state index in [1.54, 1.807) is 0 Å². The number of piperidine rings is 1. The molecule has 2 saturated heterocycles. The number of hydrogen-bond acceptors (Lipinski definition) is 4. The molecule has 0 radical (unpaired) electrons. The lowest BCUT2D eigenvalue weighted by molar-refractivity contribution is -0.137. The van der Waals surface area contributed by atoms with Crippen LogP contribution in [0.3, 0.4) is 0 Å². The largest absolute Gasteiger partial charge is 0.464 e. The molecule has 0 atom stereocenters. The summed E-state index contributed by atoms with van der Waals surface area (Å²) in [7, 11) is 0. The van der Waals surface area contributed by atoms with Gasteiger partial charge in [-0.05, 0) is 70.7 Å². The van der Waals surface area contributed by atoms with Gasteiger partial charge >= 0.3 is 0 Å². The molecule has 0 bridgehead atoms. The number of rotatable bonds is 6. The van der Waals surface area contributed by atoms with Gasteiger partial charge in [-0.15, -0.1) is 0 Å². The maximum Gasteiger partial charge on any atom is 0.237 e. The van der Waals surface area contributed by atoms with Crippen molar-refractivity contribution in [3.63, 3.8) is 0 Å². The molecule has 4 rings (SSSR count). The third-order valence-electron chi connectivity index (χ3n) is 6.64. The molecule has 6 heteroatoms. The van der Waals surface area contributed by atoms with Crippen LogP contribution in [-0.2, 0) is 16.1 Å². The first-order valence-corrected chi connectivity index (χ1v) is 11.5. The molecular formula is C23H35N3O3. The molecule has 0 N–H and O–H groups in total. The van der Waals surface area contributed by atoms with E-state index < -0.39 is 0 Å². The first-order chi connectivity index (χ1) is 14.1. The number of amides is 2. The fourth-order valence-electron chi connectivity index (χ4n) is 4.71. The smallest absolute Gasteiger partial charge is 0.237 e. The van der Waals surface area contributed by atoms with Crippen molar-refractivity contribution in [1.82, 2.24) is 14.7 Å². The Kier molecular flexibility index (Phi) is 6.58. The van der Waals surface area contributed by atoms with Crippen molar-refractivity contribution in [2.45, 2.75) is 70.9 Å². The summed E-state index contributed by atoms with van der Waals surface area (Å²) >= 11 is 0. The zero-order chi connectivity index (χ0) is 20.2. The molecule has 1 aliphatic carbocycles. The van der Waals surface area contributed by atoms with Crippen LogP contribution in [-0.4, -0.2) is 65.3 Å². The van der Waals surface area contributed by atoms with Gasteiger partial charge in [0.1, 0.15) is 11.5 Å². The van der Waals surface area contributed by atoms with Crippen molar-refractivity contribution in [2.24, 2.45) is 5.92 Å². The van der Waals surface area contributed by atoms with Crippen molar-refractivity contribution in [2.75, 3.05) is 32.7 Å². The molecule has 0 unspecified atom stereocenters. The standard InChI is InChI=1S/C23H35N3O3/c1-18-6-9-21(29-18)16-26(20-7-8-20)22(27)17-24-14-10-19(11-15-24)23(28)25-12-4-2-3-5-13-25/h6,9,19-20H,2-5,7-8,10-17H2,1H3. The van der Waals surface area contributed by atoms with Crippen molar-refractivity contribution in [1.29, 1.82) is 0 Å². The van der Waals surface area contributed by atoms with Crippen LogP contribution in [0.2, 0.25) is 0 Å². The summed E-state index contributed by atoms with van der Waals surface area (Å²) in [6, 6.07) is 4.30. The summed E-state index contributed by atoms with van der Waals surface area (Å²) in [6.45, 7) is 6.51. The predicted octanol–water partition coefficient (Wildman–Crippen LogP) is 3.19. The van der Waals surface area contributed by atoms with Gasteiger partial charge in [-0.2, -0.15) is 0 Å². The highest BCUT2D eigenvalue weighted by Gasteiger charge is 2.35. The summed E-state index contributed by atoms with van der Waals surface area (Å²) in [6.07, 6.45) is 8.73. The number of aryl methyl sites for hydroxylation is 1. The third kappa shape index (κ3) is 5.41. The van der Waals surface area contributed by atoms with Gasteiger partial charge in [0.2, 0.25) is 11.8 Å². The van der Waals surface area contributed by atoms with E-state index >= 15 is 0 Å². The van der Waals surface area contributed by atoms with Gasteiger partial charge < -0.3 is 14.2 Å². The maximum atomic E-state index is 13.0. The van der Waals surface area contributed by atoms with E-state index in [-0.39, 0.29) is 11.8 Å². The van der Waals surface area contributed by atoms with Gasteiger partial charge in [0.05, 0.1) is 13.1 Å². The van der Waals surface area contributed by atoms with Crippen molar-refractivity contribution >= 4 is 11.8 Å². The van der Waals surface area contributed by atoms with Crippen LogP contribution < -0.4 is 0 Å². The highest BCUT2D eigenvalue weighted by atomic mass is 16.3. The number of carbonyl (C=O) groups is 2. The molecule has 3 aliphatic rings. The van der Waals surface area contributed by atoms with Crippen molar-refractivity contribution in [3.8, 4) is 0 Å². The van der Waals surface area contributed by atoms with E-state index in [1.807, 2.05) is 24.0 Å². The Morgan fingerprint density at radius 2 is 1.69 bits per heavy atom. The molecule has 2 aliphatic heterocycles. The highest BCUT2D eigenvalue weighted by Crippen LogP contribution is 2.29. The molecule has 1 aromatic rings. The average molecular weight is 402 g/mol. The fourth-order valence-corrected chi connectivity index (χ4v) is 4.71. The number of furan rings is 1. The van der Waals surface area contributed by atoms with Gasteiger partial charge in [-0.1, -0.05) is 12.8 Å². The van der Waals surface area contributed by atoms with Gasteiger partial charge in [0.15, 0.2) is 0 Å². The van der Waals surface area contributed by atoms with E-state index in [0.717, 1.165) is 76.2 Å². The topological polar surface area (TPSA) is 57.0 Å². The summed E-state index contributed by atoms with van der Waals surface area (Å²) in [5, 5.41) is 0. The monoisotopic (exact) mass is 401 g/mol. The Morgan fingerprint density at radius 3 is 2.28 bits per heavy atom. The third-order valence-corrected chi connectivity index (χ3v) is 6.64. The minimum absolute atomic E-state index is 0.144. The summed E-state index contributed by atoms with van der Waals surface area (Å²) in [5.41, 5.74) is 0. The molecule has 1 aromatic heterocycles. The van der Waals surface area contributed by atoms with E-state index in [0.29, 0.717) is 25.0 Å². The van der Waals surface area contributed by atoms with Crippen LogP contribution in [0, 0.1) is 12.8 Å². The molecule has 0 aromatic carbocycles. The summed E-state index contributed by atoms with van der Waals surface area (Å²) in [5.74, 6) is 2.44. The maximum absolute atomic E-state index is 13.0. The number of hydrogen-bond donors (Lipinski definition) is 0. The van der Waals surface area contributed by atoms with E-state index in [2.05, 4.69) is 9.80 Å². The molecule has 2 amide bonds. The molecular weight excluding hydrogens is 366 g/mol. The molecule has 3 heterocycles. The van der Waals surface area contributed by atoms with Gasteiger partial charge in [0, 0.05) is 25.0 Å². The Balaban J connectivity index is 1.26. The lowest BCUT2D eigenvalue weighted by Gasteiger charge is -2.34. The van der Waals surface area contributed by atoms with Crippen LogP contribution in [0.15, 0.2) is 16.5 Å². The average Bonchev–Trinajstić information content (AvgIpc) is 3.52. The number of likely N-dealkylation sites (tertiary alicyclic amines) is 2. The number of nitrogens with zero attached hydrogens (tertiary/aromatic N) is 3. The van der Waals surface area contributed by atoms with Crippen molar-refractivity contribution in [3.05, 3.63) is 23.7 Å². The van der Waals surface area contributed by atoms with Crippen LogP contribution in [0.1, 0.15) is 62.9 Å². The second-order valence-electron chi connectivity index (χ2n) is 9.06. The van der Waals surface area contributed by atoms with Crippen LogP contribution in [0.5, 0.6) is 0 Å². The molecule has 3 fully saturated rings. The molecule has 0 spiro atoms. The quantitative estimate of drug-likeness (QED) is 0.735. The van der Waals surface area contributed by atoms with Crippen LogP contribution in [0.4, 0.5) is 0 Å². The number of carbonyl (C=O) groups excluding carboxylic acids is 2. The lowest BCUT2D eigenvalue weighted by Crippen LogP contribution is -2.46. The van der Waals surface area contributed by atoms with E-state index in [4.69, 9.17) is 4.42 Å². The fraction of sp³-hybridized carbons (Fsp3) is 0.739. The molecule has 6 nitrogen and oxygen atoms in total. The van der Waals surface area contributed by atoms with Crippen molar-refractivity contribution < 1.29 is 14.0 Å². The normalized spacial score (nSPS) is 21.8. The molecule has 160 valence electrons. The van der Waals surface area contributed by atoms with Gasteiger partial charge in [-0.3, -0.25) is 14.5 Å². The SMILES string of the molecule is Cc1ccc(CN(C(=O)CN2CCC(C(=O)N3CCCCCC3)CC2)C2CC2)o1. The van der Waals surface area contributed by atoms with E-state index in [9.17, 15) is 9.59 Å². The van der Waals surface area contributed by atoms with Gasteiger partial charge in [0.25, 0.3) is 0 Å². The molecule has 29 heavy (non-hydrogen) atoms. The lowest BCUT2D eigenvalue weighted by atomic mass is 9.95.